The van der Waals surface area contributed by atoms with E-state index in [9.17, 15) is 32.4 Å². The number of aromatic nitrogens is 2. The van der Waals surface area contributed by atoms with Gasteiger partial charge in [-0.1, -0.05) is 42.7 Å². The molecule has 4 saturated heterocycles. The average molecular weight is 973 g/mol. The number of hydrogen-bond donors (Lipinski definition) is 6. The molecule has 2 unspecified atom stereocenters. The van der Waals surface area contributed by atoms with Crippen molar-refractivity contribution in [2.24, 2.45) is 10.7 Å². The van der Waals surface area contributed by atoms with Crippen LogP contribution in [0.1, 0.15) is 56.0 Å². The molecule has 3 aromatic rings. The number of ether oxygens (including phenoxy) is 4. The Morgan fingerprint density at radius 2 is 1.54 bits per heavy atom. The number of rotatable bonds is 10. The SMILES string of the molecule is C=C.C=c1c(S(=O)(=O)O)ccc/c1=C\C(=O)O.COC(=O)NC1(C(=O)N2CCC[C@H]2C(N)=N/C=C/C#Cc2ccc(-c3cnc([C@@H]4CCCN4C(=O)C4(NC(=O)OC)CCOC4)[nH]3)cc2)CCOC1. The molecular weight excluding hydrogens is 917 g/mol. The fourth-order valence-electron chi connectivity index (χ4n) is 8.28. The number of aliphatic imine (C=N–C) groups is 1. The Morgan fingerprint density at radius 3 is 2.10 bits per heavy atom. The number of amidine groups is 1. The monoisotopic (exact) mass is 972 g/mol. The first-order chi connectivity index (χ1) is 33.0. The molecule has 4 amide bonds. The Kier molecular flexibility index (Phi) is 18.0. The van der Waals surface area contributed by atoms with Gasteiger partial charge in [-0.3, -0.25) is 14.1 Å². The van der Waals surface area contributed by atoms with Crippen LogP contribution in [0.25, 0.3) is 23.9 Å². The molecule has 7 rings (SSSR count). The molecule has 4 atom stereocenters. The summed E-state index contributed by atoms with van der Waals surface area (Å²) in [6.45, 7) is 11.3. The van der Waals surface area contributed by atoms with E-state index in [1.54, 1.807) is 22.1 Å². The molecule has 368 valence electrons. The molecule has 0 radical (unpaired) electrons. The Balaban J connectivity index is 0.000000444. The number of allylic oxidation sites excluding steroid dienone is 1. The number of nitrogens with zero attached hydrogens (tertiary/aromatic N) is 4. The van der Waals surface area contributed by atoms with Gasteiger partial charge in [0.05, 0.1) is 51.4 Å². The molecule has 0 aliphatic carbocycles. The number of nitrogens with two attached hydrogens (primary N) is 1. The van der Waals surface area contributed by atoms with Gasteiger partial charge in [0.1, 0.15) is 27.6 Å². The van der Waals surface area contributed by atoms with E-state index in [0.717, 1.165) is 48.2 Å². The Hall–Kier alpha value is -7.32. The lowest BCUT2D eigenvalue weighted by Gasteiger charge is -2.34. The van der Waals surface area contributed by atoms with E-state index in [4.69, 9.17) is 34.3 Å². The van der Waals surface area contributed by atoms with Crippen LogP contribution in [-0.2, 0) is 43.4 Å². The summed E-state index contributed by atoms with van der Waals surface area (Å²) < 4.78 is 51.0. The highest BCUT2D eigenvalue weighted by Crippen LogP contribution is 2.35. The van der Waals surface area contributed by atoms with Crippen molar-refractivity contribution in [1.29, 1.82) is 0 Å². The van der Waals surface area contributed by atoms with Crippen molar-refractivity contribution in [3.63, 3.8) is 0 Å². The molecule has 21 nitrogen and oxygen atoms in total. The second-order valence-corrected chi connectivity index (χ2v) is 17.4. The van der Waals surface area contributed by atoms with Gasteiger partial charge in [0.2, 0.25) is 0 Å². The van der Waals surface area contributed by atoms with Crippen LogP contribution in [0, 0.1) is 11.8 Å². The van der Waals surface area contributed by atoms with Crippen molar-refractivity contribution in [2.45, 2.75) is 66.6 Å². The van der Waals surface area contributed by atoms with Crippen LogP contribution in [0.4, 0.5) is 9.59 Å². The lowest BCUT2D eigenvalue weighted by atomic mass is 9.96. The molecular formula is C47H56N8O13S. The number of carbonyl (C=O) groups excluding carboxylic acids is 4. The minimum atomic E-state index is -4.37. The third kappa shape index (κ3) is 12.8. The van der Waals surface area contributed by atoms with Crippen LogP contribution in [0.2, 0.25) is 0 Å². The zero-order valence-electron chi connectivity index (χ0n) is 38.3. The van der Waals surface area contributed by atoms with Gasteiger partial charge in [0.15, 0.2) is 0 Å². The molecule has 22 heteroatoms. The van der Waals surface area contributed by atoms with E-state index in [1.807, 2.05) is 24.3 Å². The summed E-state index contributed by atoms with van der Waals surface area (Å²) in [6.07, 6.45) is 7.99. The minimum absolute atomic E-state index is 0.0394. The normalized spacial score (nSPS) is 22.4. The second kappa shape index (κ2) is 23.6. The fourth-order valence-corrected chi connectivity index (χ4v) is 8.96. The molecule has 2 aromatic carbocycles. The van der Waals surface area contributed by atoms with Crippen molar-refractivity contribution in [3.05, 3.63) is 95.9 Å². The number of alkyl carbamates (subject to hydrolysis) is 2. The lowest BCUT2D eigenvalue weighted by Crippen LogP contribution is -2.62. The van der Waals surface area contributed by atoms with E-state index < -0.39 is 50.3 Å². The number of likely N-dealkylation sites (tertiary alicyclic amines) is 2. The first-order valence-corrected chi connectivity index (χ1v) is 23.1. The zero-order valence-corrected chi connectivity index (χ0v) is 39.1. The summed E-state index contributed by atoms with van der Waals surface area (Å²) in [5.41, 5.74) is 6.47. The summed E-state index contributed by atoms with van der Waals surface area (Å²) in [6, 6.07) is 10.9. The minimum Gasteiger partial charge on any atom is -0.478 e. The number of carboxylic acid groups (broad SMARTS) is 1. The van der Waals surface area contributed by atoms with Gasteiger partial charge in [-0.15, -0.1) is 13.2 Å². The molecule has 69 heavy (non-hydrogen) atoms. The fraction of sp³-hybridized carbons (Fsp3) is 0.383. The number of benzene rings is 2. The predicted molar refractivity (Wildman–Crippen MR) is 252 cm³/mol. The number of imidazole rings is 1. The average Bonchev–Trinajstić information content (AvgIpc) is 4.21. The number of hydrogen-bond acceptors (Lipinski definition) is 13. The van der Waals surface area contributed by atoms with Crippen LogP contribution in [-0.4, -0.2) is 145 Å². The quantitative estimate of drug-likeness (QED) is 0.0557. The maximum atomic E-state index is 13.7. The molecule has 4 aliphatic heterocycles. The van der Waals surface area contributed by atoms with E-state index >= 15 is 0 Å². The summed E-state index contributed by atoms with van der Waals surface area (Å²) in [5, 5.41) is 14.0. The van der Waals surface area contributed by atoms with Crippen LogP contribution in [0.3, 0.4) is 0 Å². The van der Waals surface area contributed by atoms with E-state index in [1.165, 1.54) is 32.6 Å². The van der Waals surface area contributed by atoms with E-state index in [0.29, 0.717) is 51.4 Å². The summed E-state index contributed by atoms with van der Waals surface area (Å²) in [7, 11) is -1.85. The van der Waals surface area contributed by atoms with Gasteiger partial charge in [-0.25, -0.2) is 24.4 Å². The lowest BCUT2D eigenvalue weighted by molar-refractivity contribution is -0.139. The molecule has 0 spiro atoms. The molecule has 0 saturated carbocycles. The number of carboxylic acids is 1. The van der Waals surface area contributed by atoms with Crippen molar-refractivity contribution >= 4 is 58.6 Å². The molecule has 5 heterocycles. The van der Waals surface area contributed by atoms with Crippen LogP contribution < -0.4 is 26.8 Å². The predicted octanol–water partition coefficient (Wildman–Crippen LogP) is 1.99. The number of aliphatic carboxylic acids is 1. The number of aromatic amines is 1. The molecule has 1 aromatic heterocycles. The first-order valence-electron chi connectivity index (χ1n) is 21.7. The maximum absolute atomic E-state index is 13.7. The zero-order chi connectivity index (χ0) is 50.4. The molecule has 4 aliphatic rings. The van der Waals surface area contributed by atoms with Crippen LogP contribution >= 0.6 is 0 Å². The van der Waals surface area contributed by atoms with Gasteiger partial charge in [-0.2, -0.15) is 8.42 Å². The number of carbonyl (C=O) groups is 5. The number of methoxy groups -OCH3 is 2. The van der Waals surface area contributed by atoms with Gasteiger partial charge in [0.25, 0.3) is 21.9 Å². The Morgan fingerprint density at radius 1 is 0.942 bits per heavy atom. The van der Waals surface area contributed by atoms with Gasteiger partial charge < -0.3 is 55.2 Å². The molecule has 7 N–H and O–H groups in total. The number of nitrogens with one attached hydrogen (secondary N) is 3. The second-order valence-electron chi connectivity index (χ2n) is 16.0. The first kappa shape index (κ1) is 52.6. The topological polar surface area (TPSA) is 294 Å². The smallest absolute Gasteiger partial charge is 0.407 e. The highest BCUT2D eigenvalue weighted by molar-refractivity contribution is 7.85. The standard InChI is InChI=1S/C36H44N8O8.C9H8O5S.C2H4/c1-49-33(47)41-35(14-19-51-22-35)31(45)43-17-5-8-27(43)29(37)38-16-4-3-7-24-10-12-25(13-11-24)26-21-39-30(40-26)28-9-6-18-44(28)32(46)36(15-20-52-23-36)42-34(48)50-2;1-6-7(5-9(10)11)3-2-4-8(6)15(12,13)14;1-2/h4,10-13,16,21,27-28H,5-6,8-9,14-15,17-20,22-23H2,1-2H3,(H2,37,38)(H,39,40)(H,41,47)(H,42,48);2-5H,1H2,(H,10,11)(H,12,13,14);1-2H2/b16-4+;7-5+;/t27-,28-,35?,36?;;/m0../s1. The van der Waals surface area contributed by atoms with Gasteiger partial charge >= 0.3 is 18.2 Å². The number of H-pyrrole nitrogens is 1. The van der Waals surface area contributed by atoms with E-state index in [2.05, 4.69) is 57.2 Å². The Bertz CT molecular complexity index is 2720. The largest absolute Gasteiger partial charge is 0.478 e. The van der Waals surface area contributed by atoms with Crippen molar-refractivity contribution in [2.75, 3.05) is 53.7 Å². The van der Waals surface area contributed by atoms with Gasteiger partial charge in [0, 0.05) is 63.1 Å². The summed E-state index contributed by atoms with van der Waals surface area (Å²) in [5.74, 6) is 5.33. The highest BCUT2D eigenvalue weighted by Gasteiger charge is 2.50. The van der Waals surface area contributed by atoms with Crippen molar-refractivity contribution in [1.82, 2.24) is 30.4 Å². The van der Waals surface area contributed by atoms with Crippen LogP contribution in [0.15, 0.2) is 84.0 Å². The van der Waals surface area contributed by atoms with E-state index in [-0.39, 0.29) is 47.3 Å². The van der Waals surface area contributed by atoms with Crippen molar-refractivity contribution in [3.8, 4) is 23.1 Å². The molecule has 4 fully saturated rings. The summed E-state index contributed by atoms with van der Waals surface area (Å²) >= 11 is 0. The van der Waals surface area contributed by atoms with Gasteiger partial charge in [-0.05, 0) is 59.9 Å². The van der Waals surface area contributed by atoms with Crippen LogP contribution in [0.5, 0.6) is 0 Å². The Labute approximate surface area is 398 Å². The number of amides is 4. The third-order valence-corrected chi connectivity index (χ3v) is 12.7. The molecule has 0 bridgehead atoms. The third-order valence-electron chi connectivity index (χ3n) is 11.7. The maximum Gasteiger partial charge on any atom is 0.407 e. The van der Waals surface area contributed by atoms with Crippen molar-refractivity contribution < 1.29 is 61.0 Å². The highest BCUT2D eigenvalue weighted by atomic mass is 32.2. The summed E-state index contributed by atoms with van der Waals surface area (Å²) in [4.78, 5) is 77.1.